The summed E-state index contributed by atoms with van der Waals surface area (Å²) in [7, 11) is 0. The molecule has 1 aromatic carbocycles. The van der Waals surface area contributed by atoms with Gasteiger partial charge in [0.1, 0.15) is 0 Å². The minimum absolute atomic E-state index is 0.179. The van der Waals surface area contributed by atoms with E-state index in [0.29, 0.717) is 18.2 Å². The number of nitrogens with two attached hydrogens (primary N) is 1. The minimum atomic E-state index is 0.179. The van der Waals surface area contributed by atoms with Crippen molar-refractivity contribution in [2.45, 2.75) is 24.6 Å². The van der Waals surface area contributed by atoms with Gasteiger partial charge in [0.05, 0.1) is 6.04 Å². The van der Waals surface area contributed by atoms with Crippen molar-refractivity contribution in [2.75, 3.05) is 18.8 Å². The van der Waals surface area contributed by atoms with Crippen molar-refractivity contribution >= 4 is 17.7 Å². The highest BCUT2D eigenvalue weighted by atomic mass is 32.2. The first kappa shape index (κ1) is 13.4. The summed E-state index contributed by atoms with van der Waals surface area (Å²) in [5.74, 6) is 1.19. The zero-order chi connectivity index (χ0) is 13.0. The Bertz CT molecular complexity index is 396. The molecule has 1 heterocycles. The van der Waals surface area contributed by atoms with E-state index in [2.05, 4.69) is 19.1 Å². The summed E-state index contributed by atoms with van der Waals surface area (Å²) in [5, 5.41) is 0.433. The fraction of sp³-hybridized carbons (Fsp3) is 0.500. The second-order valence-electron chi connectivity index (χ2n) is 4.56. The van der Waals surface area contributed by atoms with E-state index in [9.17, 15) is 4.79 Å². The third-order valence-corrected chi connectivity index (χ3v) is 4.51. The van der Waals surface area contributed by atoms with Crippen LogP contribution in [0, 0.1) is 0 Å². The van der Waals surface area contributed by atoms with Gasteiger partial charge in [0, 0.05) is 30.5 Å². The van der Waals surface area contributed by atoms with Crippen LogP contribution in [0.2, 0.25) is 0 Å². The van der Waals surface area contributed by atoms with Crippen molar-refractivity contribution in [1.82, 2.24) is 4.90 Å². The standard InChI is InChI=1S/C14H20N2OS/c1-11-14(12-5-3-2-4-6-12)16(9-10-18-11)13(17)7-8-15/h2-6,11,14H,7-10,15H2,1H3. The van der Waals surface area contributed by atoms with Crippen LogP contribution in [-0.2, 0) is 4.79 Å². The Balaban J connectivity index is 2.23. The zero-order valence-corrected chi connectivity index (χ0v) is 11.5. The molecule has 0 saturated carbocycles. The van der Waals surface area contributed by atoms with E-state index < -0.39 is 0 Å². The highest BCUT2D eigenvalue weighted by molar-refractivity contribution is 8.00. The van der Waals surface area contributed by atoms with Gasteiger partial charge in [-0.05, 0) is 5.56 Å². The van der Waals surface area contributed by atoms with Crippen LogP contribution in [-0.4, -0.2) is 34.9 Å². The van der Waals surface area contributed by atoms with Crippen LogP contribution >= 0.6 is 11.8 Å². The summed E-state index contributed by atoms with van der Waals surface area (Å²) in [6.45, 7) is 3.45. The molecule has 1 aliphatic heterocycles. The first-order chi connectivity index (χ1) is 8.74. The molecular weight excluding hydrogens is 244 g/mol. The van der Waals surface area contributed by atoms with E-state index in [1.54, 1.807) is 0 Å². The molecule has 0 aliphatic carbocycles. The number of rotatable bonds is 3. The fourth-order valence-corrected chi connectivity index (χ4v) is 3.63. The highest BCUT2D eigenvalue weighted by Crippen LogP contribution is 2.36. The van der Waals surface area contributed by atoms with Crippen molar-refractivity contribution < 1.29 is 4.79 Å². The van der Waals surface area contributed by atoms with Crippen molar-refractivity contribution in [3.63, 3.8) is 0 Å². The largest absolute Gasteiger partial charge is 0.334 e. The number of amides is 1. The molecule has 1 amide bonds. The lowest BCUT2D eigenvalue weighted by molar-refractivity contribution is -0.133. The number of hydrogen-bond donors (Lipinski definition) is 1. The smallest absolute Gasteiger partial charge is 0.224 e. The predicted octanol–water partition coefficient (Wildman–Crippen LogP) is 2.04. The summed E-state index contributed by atoms with van der Waals surface area (Å²) in [6.07, 6.45) is 0.445. The molecule has 0 bridgehead atoms. The highest BCUT2D eigenvalue weighted by Gasteiger charge is 2.32. The molecule has 1 fully saturated rings. The van der Waals surface area contributed by atoms with Gasteiger partial charge in [-0.3, -0.25) is 4.79 Å². The van der Waals surface area contributed by atoms with Crippen molar-refractivity contribution in [2.24, 2.45) is 5.73 Å². The lowest BCUT2D eigenvalue weighted by Crippen LogP contribution is -2.44. The molecule has 4 heteroatoms. The predicted molar refractivity (Wildman–Crippen MR) is 76.5 cm³/mol. The molecule has 2 atom stereocenters. The molecule has 98 valence electrons. The summed E-state index contributed by atoms with van der Waals surface area (Å²) in [5.41, 5.74) is 6.73. The second-order valence-corrected chi connectivity index (χ2v) is 6.04. The van der Waals surface area contributed by atoms with Crippen LogP contribution in [0.1, 0.15) is 24.9 Å². The van der Waals surface area contributed by atoms with Crippen molar-refractivity contribution in [3.8, 4) is 0 Å². The van der Waals surface area contributed by atoms with Crippen molar-refractivity contribution in [1.29, 1.82) is 0 Å². The maximum atomic E-state index is 12.2. The summed E-state index contributed by atoms with van der Waals surface area (Å²) in [4.78, 5) is 14.2. The quantitative estimate of drug-likeness (QED) is 0.909. The Kier molecular flexibility index (Phi) is 4.66. The summed E-state index contributed by atoms with van der Waals surface area (Å²) >= 11 is 1.94. The Hall–Kier alpha value is -1.00. The lowest BCUT2D eigenvalue weighted by Gasteiger charge is -2.40. The Morgan fingerprint density at radius 2 is 2.17 bits per heavy atom. The third-order valence-electron chi connectivity index (χ3n) is 3.31. The molecule has 2 unspecified atom stereocenters. The molecule has 0 aromatic heterocycles. The van der Waals surface area contributed by atoms with Gasteiger partial charge in [0.15, 0.2) is 0 Å². The van der Waals surface area contributed by atoms with Crippen LogP contribution in [0.25, 0.3) is 0 Å². The molecule has 1 saturated heterocycles. The van der Waals surface area contributed by atoms with Gasteiger partial charge in [-0.25, -0.2) is 0 Å². The maximum Gasteiger partial charge on any atom is 0.224 e. The maximum absolute atomic E-state index is 12.2. The molecule has 1 aromatic rings. The normalized spacial score (nSPS) is 24.0. The monoisotopic (exact) mass is 264 g/mol. The van der Waals surface area contributed by atoms with Crippen LogP contribution in [0.15, 0.2) is 30.3 Å². The van der Waals surface area contributed by atoms with E-state index in [0.717, 1.165) is 12.3 Å². The van der Waals surface area contributed by atoms with Crippen LogP contribution < -0.4 is 5.73 Å². The van der Waals surface area contributed by atoms with E-state index in [4.69, 9.17) is 5.73 Å². The Morgan fingerprint density at radius 3 is 2.83 bits per heavy atom. The SMILES string of the molecule is CC1SCCN(C(=O)CCN)C1c1ccccc1. The van der Waals surface area contributed by atoms with Crippen molar-refractivity contribution in [3.05, 3.63) is 35.9 Å². The fourth-order valence-electron chi connectivity index (χ4n) is 2.47. The van der Waals surface area contributed by atoms with Gasteiger partial charge in [0.25, 0.3) is 0 Å². The third kappa shape index (κ3) is 2.87. The van der Waals surface area contributed by atoms with Gasteiger partial charge in [0.2, 0.25) is 5.91 Å². The second kappa shape index (κ2) is 6.25. The molecule has 1 aliphatic rings. The molecule has 0 radical (unpaired) electrons. The number of carbonyl (C=O) groups is 1. The molecule has 2 rings (SSSR count). The van der Waals surface area contributed by atoms with Gasteiger partial charge >= 0.3 is 0 Å². The zero-order valence-electron chi connectivity index (χ0n) is 10.7. The van der Waals surface area contributed by atoms with Crippen LogP contribution in [0.5, 0.6) is 0 Å². The number of hydrogen-bond acceptors (Lipinski definition) is 3. The van der Waals surface area contributed by atoms with E-state index in [1.165, 1.54) is 5.56 Å². The molecule has 2 N–H and O–H groups in total. The van der Waals surface area contributed by atoms with Crippen LogP contribution in [0.3, 0.4) is 0 Å². The topological polar surface area (TPSA) is 46.3 Å². The number of thioether (sulfide) groups is 1. The molecule has 3 nitrogen and oxygen atoms in total. The first-order valence-corrected chi connectivity index (χ1v) is 7.45. The van der Waals surface area contributed by atoms with Crippen LogP contribution in [0.4, 0.5) is 0 Å². The number of carbonyl (C=O) groups excluding carboxylic acids is 1. The Labute approximate surface area is 113 Å². The van der Waals surface area contributed by atoms with Gasteiger partial charge in [-0.15, -0.1) is 0 Å². The molecule has 0 spiro atoms. The molecule has 18 heavy (non-hydrogen) atoms. The van der Waals surface area contributed by atoms with E-state index >= 15 is 0 Å². The number of benzene rings is 1. The Morgan fingerprint density at radius 1 is 1.44 bits per heavy atom. The average molecular weight is 264 g/mol. The molecular formula is C14H20N2OS. The summed E-state index contributed by atoms with van der Waals surface area (Å²) in [6, 6.07) is 10.5. The van der Waals surface area contributed by atoms with Gasteiger partial charge in [-0.2, -0.15) is 11.8 Å². The lowest BCUT2D eigenvalue weighted by atomic mass is 10.0. The van der Waals surface area contributed by atoms with E-state index in [-0.39, 0.29) is 11.9 Å². The summed E-state index contributed by atoms with van der Waals surface area (Å²) < 4.78 is 0. The van der Waals surface area contributed by atoms with Gasteiger partial charge < -0.3 is 10.6 Å². The average Bonchev–Trinajstić information content (AvgIpc) is 2.39. The minimum Gasteiger partial charge on any atom is -0.334 e. The van der Waals surface area contributed by atoms with Gasteiger partial charge in [-0.1, -0.05) is 37.3 Å². The number of nitrogens with zero attached hydrogens (tertiary/aromatic N) is 1. The van der Waals surface area contributed by atoms with E-state index in [1.807, 2.05) is 34.9 Å². The first-order valence-electron chi connectivity index (χ1n) is 6.40.